The lowest BCUT2D eigenvalue weighted by atomic mass is 9.89. The fourth-order valence-corrected chi connectivity index (χ4v) is 2.91. The van der Waals surface area contributed by atoms with Crippen LogP contribution in [0.25, 0.3) is 0 Å². The predicted molar refractivity (Wildman–Crippen MR) is 82.8 cm³/mol. The molecule has 20 heavy (non-hydrogen) atoms. The van der Waals surface area contributed by atoms with Crippen LogP contribution >= 0.6 is 0 Å². The highest BCUT2D eigenvalue weighted by Crippen LogP contribution is 2.28. The summed E-state index contributed by atoms with van der Waals surface area (Å²) in [6.07, 6.45) is 3.29. The van der Waals surface area contributed by atoms with Gasteiger partial charge in [0.1, 0.15) is 0 Å². The van der Waals surface area contributed by atoms with Gasteiger partial charge in [0.25, 0.3) is 0 Å². The van der Waals surface area contributed by atoms with E-state index in [0.717, 1.165) is 38.9 Å². The minimum Gasteiger partial charge on any atom is -0.355 e. The topological polar surface area (TPSA) is 32.3 Å². The van der Waals surface area contributed by atoms with Gasteiger partial charge in [-0.15, -0.1) is 0 Å². The molecule has 1 aliphatic heterocycles. The third kappa shape index (κ3) is 3.83. The molecule has 1 unspecified atom stereocenters. The van der Waals surface area contributed by atoms with Crippen LogP contribution in [0.2, 0.25) is 0 Å². The first-order valence-electron chi connectivity index (χ1n) is 7.79. The molecule has 1 amide bonds. The zero-order valence-electron chi connectivity index (χ0n) is 12.6. The molecule has 1 aliphatic rings. The van der Waals surface area contributed by atoms with Crippen molar-refractivity contribution in [1.29, 1.82) is 0 Å². The summed E-state index contributed by atoms with van der Waals surface area (Å²) >= 11 is 0. The minimum absolute atomic E-state index is 0.00160. The lowest BCUT2D eigenvalue weighted by Gasteiger charge is -2.35. The Bertz CT molecular complexity index is 410. The average molecular weight is 274 g/mol. The van der Waals surface area contributed by atoms with Crippen molar-refractivity contribution in [3.63, 3.8) is 0 Å². The molecule has 1 fully saturated rings. The third-order valence-electron chi connectivity index (χ3n) is 4.28. The first-order valence-corrected chi connectivity index (χ1v) is 7.79. The molecule has 1 saturated heterocycles. The Morgan fingerprint density at radius 1 is 1.30 bits per heavy atom. The van der Waals surface area contributed by atoms with Gasteiger partial charge in [0.2, 0.25) is 5.91 Å². The van der Waals surface area contributed by atoms with Crippen LogP contribution in [0.1, 0.15) is 44.6 Å². The van der Waals surface area contributed by atoms with E-state index in [2.05, 4.69) is 47.5 Å². The summed E-state index contributed by atoms with van der Waals surface area (Å²) in [5.74, 6) is 0.823. The Labute approximate surface area is 122 Å². The quantitative estimate of drug-likeness (QED) is 0.895. The molecule has 0 bridgehead atoms. The average Bonchev–Trinajstić information content (AvgIpc) is 2.53. The van der Waals surface area contributed by atoms with Gasteiger partial charge < -0.3 is 5.32 Å². The Morgan fingerprint density at radius 2 is 1.95 bits per heavy atom. The van der Waals surface area contributed by atoms with E-state index in [1.807, 2.05) is 6.92 Å². The van der Waals surface area contributed by atoms with Gasteiger partial charge in [-0.05, 0) is 50.8 Å². The van der Waals surface area contributed by atoms with Crippen molar-refractivity contribution >= 4 is 5.91 Å². The third-order valence-corrected chi connectivity index (χ3v) is 4.28. The molecule has 1 aromatic carbocycles. The van der Waals surface area contributed by atoms with E-state index in [-0.39, 0.29) is 11.9 Å². The molecule has 3 heteroatoms. The number of hydrogen-bond acceptors (Lipinski definition) is 2. The molecular weight excluding hydrogens is 248 g/mol. The Kier molecular flexibility index (Phi) is 5.60. The smallest absolute Gasteiger partial charge is 0.237 e. The number of benzene rings is 1. The Balaban J connectivity index is 1.83. The first-order chi connectivity index (χ1) is 9.72. The van der Waals surface area contributed by atoms with Crippen LogP contribution < -0.4 is 5.32 Å². The lowest BCUT2D eigenvalue weighted by Crippen LogP contribution is -2.48. The second kappa shape index (κ2) is 7.44. The van der Waals surface area contributed by atoms with E-state index in [1.54, 1.807) is 0 Å². The van der Waals surface area contributed by atoms with Gasteiger partial charge in [-0.3, -0.25) is 9.69 Å². The van der Waals surface area contributed by atoms with E-state index in [9.17, 15) is 4.79 Å². The van der Waals surface area contributed by atoms with E-state index in [1.165, 1.54) is 5.56 Å². The fourth-order valence-electron chi connectivity index (χ4n) is 2.91. The molecule has 2 rings (SSSR count). The molecule has 1 aromatic rings. The highest BCUT2D eigenvalue weighted by molar-refractivity contribution is 5.81. The van der Waals surface area contributed by atoms with Crippen molar-refractivity contribution in [2.24, 2.45) is 0 Å². The van der Waals surface area contributed by atoms with Crippen molar-refractivity contribution in [3.8, 4) is 0 Å². The molecule has 0 aliphatic carbocycles. The van der Waals surface area contributed by atoms with Gasteiger partial charge >= 0.3 is 0 Å². The molecule has 3 nitrogen and oxygen atoms in total. The predicted octanol–water partition coefficient (Wildman–Crippen LogP) is 2.78. The largest absolute Gasteiger partial charge is 0.355 e. The molecule has 1 heterocycles. The van der Waals surface area contributed by atoms with Crippen molar-refractivity contribution < 1.29 is 4.79 Å². The number of carbonyl (C=O) groups is 1. The van der Waals surface area contributed by atoms with Gasteiger partial charge in [-0.25, -0.2) is 0 Å². The number of nitrogens with one attached hydrogen (secondary N) is 1. The summed E-state index contributed by atoms with van der Waals surface area (Å²) in [5, 5.41) is 2.99. The fraction of sp³-hybridized carbons (Fsp3) is 0.588. The second-order valence-corrected chi connectivity index (χ2v) is 5.69. The van der Waals surface area contributed by atoms with Crippen molar-refractivity contribution in [2.45, 2.75) is 45.1 Å². The number of nitrogens with zero attached hydrogens (tertiary/aromatic N) is 1. The van der Waals surface area contributed by atoms with Crippen LogP contribution in [0.4, 0.5) is 0 Å². The zero-order valence-corrected chi connectivity index (χ0v) is 12.6. The standard InChI is InChI=1S/C17H26N2O/c1-3-11-18-17(20)14(2)19-12-9-16(10-13-19)15-7-5-4-6-8-15/h4-8,14,16H,3,9-13H2,1-2H3,(H,18,20). The van der Waals surface area contributed by atoms with Crippen LogP contribution in [-0.4, -0.2) is 36.5 Å². The number of piperidine rings is 1. The molecule has 1 N–H and O–H groups in total. The number of carbonyl (C=O) groups excluding carboxylic acids is 1. The highest BCUT2D eigenvalue weighted by atomic mass is 16.2. The maximum atomic E-state index is 12.0. The summed E-state index contributed by atoms with van der Waals surface area (Å²) in [5.41, 5.74) is 1.44. The highest BCUT2D eigenvalue weighted by Gasteiger charge is 2.26. The summed E-state index contributed by atoms with van der Waals surface area (Å²) in [7, 11) is 0. The van der Waals surface area contributed by atoms with E-state index < -0.39 is 0 Å². The lowest BCUT2D eigenvalue weighted by molar-refractivity contribution is -0.126. The molecule has 0 spiro atoms. The van der Waals surface area contributed by atoms with Gasteiger partial charge in [-0.1, -0.05) is 37.3 Å². The Morgan fingerprint density at radius 3 is 2.55 bits per heavy atom. The van der Waals surface area contributed by atoms with Crippen LogP contribution in [0, 0.1) is 0 Å². The second-order valence-electron chi connectivity index (χ2n) is 5.69. The van der Waals surface area contributed by atoms with Crippen molar-refractivity contribution in [1.82, 2.24) is 10.2 Å². The van der Waals surface area contributed by atoms with Crippen molar-refractivity contribution in [3.05, 3.63) is 35.9 Å². The molecule has 0 radical (unpaired) electrons. The van der Waals surface area contributed by atoms with Crippen LogP contribution in [0.5, 0.6) is 0 Å². The number of likely N-dealkylation sites (tertiary alicyclic amines) is 1. The van der Waals surface area contributed by atoms with Crippen LogP contribution in [0.3, 0.4) is 0 Å². The minimum atomic E-state index is -0.00160. The van der Waals surface area contributed by atoms with E-state index >= 15 is 0 Å². The zero-order chi connectivity index (χ0) is 14.4. The van der Waals surface area contributed by atoms with Gasteiger partial charge in [0, 0.05) is 6.54 Å². The molecular formula is C17H26N2O. The monoisotopic (exact) mass is 274 g/mol. The molecule has 0 aromatic heterocycles. The SMILES string of the molecule is CCCNC(=O)C(C)N1CCC(c2ccccc2)CC1. The van der Waals surface area contributed by atoms with Gasteiger partial charge in [0.15, 0.2) is 0 Å². The molecule has 110 valence electrons. The maximum Gasteiger partial charge on any atom is 0.237 e. The number of amides is 1. The summed E-state index contributed by atoms with van der Waals surface area (Å²) in [4.78, 5) is 14.3. The summed E-state index contributed by atoms with van der Waals surface area (Å²) < 4.78 is 0. The van der Waals surface area contributed by atoms with Gasteiger partial charge in [-0.2, -0.15) is 0 Å². The van der Waals surface area contributed by atoms with Crippen molar-refractivity contribution in [2.75, 3.05) is 19.6 Å². The molecule has 1 atom stereocenters. The van der Waals surface area contributed by atoms with Crippen LogP contribution in [0.15, 0.2) is 30.3 Å². The van der Waals surface area contributed by atoms with Crippen LogP contribution in [-0.2, 0) is 4.79 Å². The summed E-state index contributed by atoms with van der Waals surface area (Å²) in [6, 6.07) is 10.7. The molecule has 0 saturated carbocycles. The van der Waals surface area contributed by atoms with E-state index in [4.69, 9.17) is 0 Å². The first kappa shape index (κ1) is 15.0. The summed E-state index contributed by atoms with van der Waals surface area (Å²) in [6.45, 7) is 6.91. The van der Waals surface area contributed by atoms with E-state index in [0.29, 0.717) is 5.92 Å². The number of hydrogen-bond donors (Lipinski definition) is 1. The normalized spacial score (nSPS) is 18.7. The van der Waals surface area contributed by atoms with Gasteiger partial charge in [0.05, 0.1) is 6.04 Å². The maximum absolute atomic E-state index is 12.0. The number of rotatable bonds is 5. The Hall–Kier alpha value is -1.35.